The molecule has 24 heavy (non-hydrogen) atoms. The number of amides is 1. The lowest BCUT2D eigenvalue weighted by atomic mass is 10.0. The van der Waals surface area contributed by atoms with Crippen LogP contribution in [0.25, 0.3) is 0 Å². The third-order valence-electron chi connectivity index (χ3n) is 3.96. The number of thioether (sulfide) groups is 1. The molecule has 2 atom stereocenters. The number of hydrogen-bond acceptors (Lipinski definition) is 6. The van der Waals surface area contributed by atoms with Crippen LogP contribution >= 0.6 is 11.8 Å². The summed E-state index contributed by atoms with van der Waals surface area (Å²) in [6, 6.07) is 5.67. The summed E-state index contributed by atoms with van der Waals surface area (Å²) in [5.41, 5.74) is 9.02. The Morgan fingerprint density at radius 1 is 1.38 bits per heavy atom. The predicted molar refractivity (Wildman–Crippen MR) is 96.0 cm³/mol. The number of carbonyl (C=O) groups is 1. The van der Waals surface area contributed by atoms with Gasteiger partial charge in [0.25, 0.3) is 5.22 Å². The van der Waals surface area contributed by atoms with Crippen molar-refractivity contribution in [1.82, 2.24) is 10.2 Å². The lowest BCUT2D eigenvalue weighted by Gasteiger charge is -2.13. The average Bonchev–Trinajstić information content (AvgIpc) is 3.04. The van der Waals surface area contributed by atoms with Gasteiger partial charge in [-0.15, -0.1) is 10.2 Å². The van der Waals surface area contributed by atoms with Crippen molar-refractivity contribution in [3.63, 3.8) is 0 Å². The normalized spacial score (nSPS) is 13.5. The van der Waals surface area contributed by atoms with Gasteiger partial charge in [0, 0.05) is 5.69 Å². The molecule has 0 saturated heterocycles. The lowest BCUT2D eigenvalue weighted by Crippen LogP contribution is -2.18. The number of anilines is 1. The zero-order valence-corrected chi connectivity index (χ0v) is 15.3. The van der Waals surface area contributed by atoms with Crippen molar-refractivity contribution in [3.05, 3.63) is 35.2 Å². The Morgan fingerprint density at radius 2 is 2.12 bits per heavy atom. The lowest BCUT2D eigenvalue weighted by molar-refractivity contribution is -0.113. The van der Waals surface area contributed by atoms with Crippen molar-refractivity contribution >= 4 is 23.4 Å². The Balaban J connectivity index is 1.90. The van der Waals surface area contributed by atoms with Gasteiger partial charge in [-0.3, -0.25) is 4.79 Å². The molecule has 0 spiro atoms. The summed E-state index contributed by atoms with van der Waals surface area (Å²) in [5.74, 6) is 0.769. The Bertz CT molecular complexity index is 702. The van der Waals surface area contributed by atoms with Crippen LogP contribution in [0.2, 0.25) is 0 Å². The fourth-order valence-electron chi connectivity index (χ4n) is 2.09. The number of rotatable bonds is 7. The van der Waals surface area contributed by atoms with E-state index < -0.39 is 0 Å². The van der Waals surface area contributed by atoms with Crippen LogP contribution in [0.5, 0.6) is 0 Å². The van der Waals surface area contributed by atoms with Gasteiger partial charge in [-0.05, 0) is 37.0 Å². The highest BCUT2D eigenvalue weighted by Gasteiger charge is 2.20. The second kappa shape index (κ2) is 8.30. The van der Waals surface area contributed by atoms with Gasteiger partial charge in [-0.2, -0.15) is 0 Å². The predicted octanol–water partition coefficient (Wildman–Crippen LogP) is 3.46. The highest BCUT2D eigenvalue weighted by molar-refractivity contribution is 7.99. The molecular formula is C17H24N4O2S. The first-order valence-corrected chi connectivity index (χ1v) is 8.98. The Kier molecular flexibility index (Phi) is 6.39. The van der Waals surface area contributed by atoms with Gasteiger partial charge in [-0.25, -0.2) is 0 Å². The second-order valence-corrected chi connectivity index (χ2v) is 6.90. The van der Waals surface area contributed by atoms with Crippen molar-refractivity contribution in [2.24, 2.45) is 11.7 Å². The van der Waals surface area contributed by atoms with Crippen molar-refractivity contribution in [2.45, 2.75) is 45.4 Å². The topological polar surface area (TPSA) is 94.0 Å². The van der Waals surface area contributed by atoms with Gasteiger partial charge < -0.3 is 15.5 Å². The van der Waals surface area contributed by atoms with E-state index in [0.29, 0.717) is 11.1 Å². The molecule has 0 aliphatic rings. The maximum Gasteiger partial charge on any atom is 0.277 e. The van der Waals surface area contributed by atoms with Gasteiger partial charge in [0.1, 0.15) is 0 Å². The SMILES string of the molecule is CCC(C)[C@H](N)c1nnc(SCC(=O)Nc2cc(C)ccc2C)o1. The van der Waals surface area contributed by atoms with Crippen molar-refractivity contribution in [2.75, 3.05) is 11.1 Å². The third kappa shape index (κ3) is 4.82. The molecule has 1 aromatic carbocycles. The van der Waals surface area contributed by atoms with E-state index in [1.807, 2.05) is 39.0 Å². The quantitative estimate of drug-likeness (QED) is 0.744. The summed E-state index contributed by atoms with van der Waals surface area (Å²) in [7, 11) is 0. The minimum absolute atomic E-state index is 0.111. The average molecular weight is 348 g/mol. The van der Waals surface area contributed by atoms with Crippen LogP contribution in [0, 0.1) is 19.8 Å². The molecule has 0 radical (unpaired) electrons. The monoisotopic (exact) mass is 348 g/mol. The first-order chi connectivity index (χ1) is 11.4. The van der Waals surface area contributed by atoms with E-state index >= 15 is 0 Å². The summed E-state index contributed by atoms with van der Waals surface area (Å²) < 4.78 is 5.55. The molecule has 1 amide bonds. The molecule has 1 heterocycles. The minimum Gasteiger partial charge on any atom is -0.414 e. The Labute approximate surface area is 146 Å². The van der Waals surface area contributed by atoms with Gasteiger partial charge in [-0.1, -0.05) is 44.2 Å². The molecule has 0 fully saturated rings. The molecule has 0 saturated carbocycles. The highest BCUT2D eigenvalue weighted by Crippen LogP contribution is 2.24. The maximum atomic E-state index is 12.1. The number of nitrogens with zero attached hydrogens (tertiary/aromatic N) is 2. The van der Waals surface area contributed by atoms with E-state index in [0.717, 1.165) is 23.2 Å². The number of carbonyl (C=O) groups excluding carboxylic acids is 1. The van der Waals surface area contributed by atoms with Crippen LogP contribution in [-0.4, -0.2) is 21.9 Å². The summed E-state index contributed by atoms with van der Waals surface area (Å²) in [6.07, 6.45) is 0.935. The molecule has 130 valence electrons. The fourth-order valence-corrected chi connectivity index (χ4v) is 2.66. The molecule has 2 aromatic rings. The molecule has 6 nitrogen and oxygen atoms in total. The van der Waals surface area contributed by atoms with Crippen LogP contribution in [-0.2, 0) is 4.79 Å². The number of aryl methyl sites for hydroxylation is 2. The van der Waals surface area contributed by atoms with Crippen LogP contribution in [0.3, 0.4) is 0 Å². The number of nitrogens with one attached hydrogen (secondary N) is 1. The molecule has 0 aliphatic carbocycles. The van der Waals surface area contributed by atoms with E-state index in [1.54, 1.807) is 0 Å². The molecule has 0 bridgehead atoms. The summed E-state index contributed by atoms with van der Waals surface area (Å²) in [5, 5.41) is 11.2. The zero-order chi connectivity index (χ0) is 17.7. The van der Waals surface area contributed by atoms with Crippen molar-refractivity contribution < 1.29 is 9.21 Å². The highest BCUT2D eigenvalue weighted by atomic mass is 32.2. The largest absolute Gasteiger partial charge is 0.414 e. The van der Waals surface area contributed by atoms with Crippen LogP contribution in [0.4, 0.5) is 5.69 Å². The van der Waals surface area contributed by atoms with Crippen LogP contribution in [0.15, 0.2) is 27.8 Å². The summed E-state index contributed by atoms with van der Waals surface area (Å²) in [4.78, 5) is 12.1. The van der Waals surface area contributed by atoms with Crippen LogP contribution in [0.1, 0.15) is 43.3 Å². The Hall–Kier alpha value is -1.86. The zero-order valence-electron chi connectivity index (χ0n) is 14.5. The van der Waals surface area contributed by atoms with Gasteiger partial charge in [0.2, 0.25) is 11.8 Å². The smallest absolute Gasteiger partial charge is 0.277 e. The minimum atomic E-state index is -0.277. The molecule has 7 heteroatoms. The van der Waals surface area contributed by atoms with E-state index in [4.69, 9.17) is 10.2 Å². The molecule has 1 aromatic heterocycles. The molecule has 1 unspecified atom stereocenters. The van der Waals surface area contributed by atoms with Gasteiger partial charge in [0.15, 0.2) is 0 Å². The number of aromatic nitrogens is 2. The maximum absolute atomic E-state index is 12.1. The number of hydrogen-bond donors (Lipinski definition) is 2. The summed E-state index contributed by atoms with van der Waals surface area (Å²) in [6.45, 7) is 8.06. The summed E-state index contributed by atoms with van der Waals surface area (Å²) >= 11 is 1.21. The van der Waals surface area contributed by atoms with Gasteiger partial charge >= 0.3 is 0 Å². The first-order valence-electron chi connectivity index (χ1n) is 7.99. The first kappa shape index (κ1) is 18.5. The van der Waals surface area contributed by atoms with E-state index in [1.165, 1.54) is 11.8 Å². The van der Waals surface area contributed by atoms with Crippen molar-refractivity contribution in [1.29, 1.82) is 0 Å². The number of nitrogens with two attached hydrogens (primary N) is 1. The second-order valence-electron chi connectivity index (χ2n) is 5.97. The number of benzene rings is 1. The van der Waals surface area contributed by atoms with Gasteiger partial charge in [0.05, 0.1) is 11.8 Å². The molecule has 2 rings (SSSR count). The molecule has 3 N–H and O–H groups in total. The van der Waals surface area contributed by atoms with Crippen molar-refractivity contribution in [3.8, 4) is 0 Å². The van der Waals surface area contributed by atoms with E-state index in [-0.39, 0.29) is 23.6 Å². The Morgan fingerprint density at radius 3 is 2.83 bits per heavy atom. The molecule has 0 aliphatic heterocycles. The van der Waals surface area contributed by atoms with E-state index in [9.17, 15) is 4.79 Å². The fraction of sp³-hybridized carbons (Fsp3) is 0.471. The van der Waals surface area contributed by atoms with Crippen LogP contribution < -0.4 is 11.1 Å². The standard InChI is InChI=1S/C17H24N4O2S/c1-5-11(3)15(18)16-20-21-17(23-16)24-9-14(22)19-13-8-10(2)6-7-12(13)4/h6-8,11,15H,5,9,18H2,1-4H3,(H,19,22)/t11?,15-/m0/s1. The molecular weight excluding hydrogens is 324 g/mol. The third-order valence-corrected chi connectivity index (χ3v) is 4.78. The van der Waals surface area contributed by atoms with E-state index in [2.05, 4.69) is 22.4 Å².